The Bertz CT molecular complexity index is 62.2. The van der Waals surface area contributed by atoms with Gasteiger partial charge in [-0.3, -0.25) is 0 Å². The van der Waals surface area contributed by atoms with E-state index in [2.05, 4.69) is 0 Å². The molecule has 0 aromatic carbocycles. The van der Waals surface area contributed by atoms with Crippen molar-refractivity contribution in [3.8, 4) is 0 Å². The maximum Gasteiger partial charge on any atom is 3.00 e. The molecule has 0 aromatic heterocycles. The average Bonchev–Trinajstić information content (AvgIpc) is 0.722. The van der Waals surface area contributed by atoms with Gasteiger partial charge in [0.05, 0.1) is 0 Å². The maximum atomic E-state index is 8.55. The minimum absolute atomic E-state index is 0. The molecule has 8 heavy (non-hydrogen) atoms. The molecule has 8 heteroatoms. The van der Waals surface area contributed by atoms with Crippen molar-refractivity contribution in [1.29, 1.82) is 0 Å². The molecule has 0 bridgehead atoms. The fourth-order valence-electron chi connectivity index (χ4n) is 0. The Morgan fingerprint density at radius 2 is 1.12 bits per heavy atom. The summed E-state index contributed by atoms with van der Waals surface area (Å²) < 4.78 is 8.55. The van der Waals surface area contributed by atoms with Crippen LogP contribution in [0.4, 0.5) is 0 Å². The summed E-state index contributed by atoms with van der Waals surface area (Å²) >= 11 is 0. The molecule has 0 amide bonds. The molecule has 0 N–H and O–H groups in total. The van der Waals surface area contributed by atoms with E-state index in [9.17, 15) is 0 Å². The zero-order chi connectivity index (χ0) is 4.50. The van der Waals surface area contributed by atoms with Crippen LogP contribution in [0.15, 0.2) is 0 Å². The van der Waals surface area contributed by atoms with Crippen LogP contribution in [0.25, 0.3) is 0 Å². The molecule has 0 aliphatic heterocycles. The van der Waals surface area contributed by atoms with Gasteiger partial charge in [0.15, 0.2) is 0 Å². The van der Waals surface area contributed by atoms with Gasteiger partial charge in [0, 0.05) is 0 Å². The fraction of sp³-hybridized carbons (Fsp3) is 0. The minimum Gasteiger partial charge on any atom is -1.00 e. The molecule has 44 valence electrons. The number of hydrogen-bond acceptors (Lipinski definition) is 4. The van der Waals surface area contributed by atoms with Crippen molar-refractivity contribution in [3.63, 3.8) is 0 Å². The number of halogens is 1. The van der Waals surface area contributed by atoms with Crippen LogP contribution in [0.3, 0.4) is 0 Å². The van der Waals surface area contributed by atoms with Crippen LogP contribution in [-0.2, 0) is 4.57 Å². The number of hydrogen-bond donors (Lipinski definition) is 0. The molecular formula is ClEuO4PSr+. The van der Waals surface area contributed by atoms with Gasteiger partial charge in [0.25, 0.3) is 0 Å². The van der Waals surface area contributed by atoms with Gasteiger partial charge in [0.2, 0.25) is 0 Å². The number of phosphoric acid groups is 1. The number of rotatable bonds is 0. The van der Waals surface area contributed by atoms with Gasteiger partial charge in [-0.05, 0) is 0 Å². The van der Waals surface area contributed by atoms with Gasteiger partial charge >= 0.3 is 94.9 Å². The Labute approximate surface area is 131 Å². The molecule has 0 aliphatic carbocycles. The Kier molecular flexibility index (Phi) is 29.5. The third-order valence-corrected chi connectivity index (χ3v) is 0. The summed E-state index contributed by atoms with van der Waals surface area (Å²) in [6, 6.07) is 0. The summed E-state index contributed by atoms with van der Waals surface area (Å²) in [7, 11) is -5.39. The van der Waals surface area contributed by atoms with Crippen molar-refractivity contribution in [2.45, 2.75) is 0 Å². The van der Waals surface area contributed by atoms with Crippen molar-refractivity contribution in [1.82, 2.24) is 0 Å². The van der Waals surface area contributed by atoms with Crippen LogP contribution in [0.1, 0.15) is 0 Å². The van der Waals surface area contributed by atoms with Crippen LogP contribution < -0.4 is 27.1 Å². The standard InChI is InChI=1S/ClH.Eu.H3O4P.Sr/c;;1-5(2,3)4;/h1H;;(H3,1,2,3,4);/q;+3;;+2/p-4. The van der Waals surface area contributed by atoms with Gasteiger partial charge < -0.3 is 31.7 Å². The molecule has 0 spiro atoms. The van der Waals surface area contributed by atoms with Crippen molar-refractivity contribution in [2.75, 3.05) is 0 Å². The van der Waals surface area contributed by atoms with E-state index >= 15 is 0 Å². The zero-order valence-electron chi connectivity index (χ0n) is 3.54. The predicted octanol–water partition coefficient (Wildman–Crippen LogP) is -6.20. The van der Waals surface area contributed by atoms with E-state index in [0.717, 1.165) is 0 Å². The maximum absolute atomic E-state index is 8.55. The SMILES string of the molecule is O=P([O-])([O-])[O-].[Cl-].[Eu+3].[Sr+2]. The molecule has 4 nitrogen and oxygen atoms in total. The second kappa shape index (κ2) is 10.5. The molecule has 0 fully saturated rings. The summed E-state index contributed by atoms with van der Waals surface area (Å²) in [6.45, 7) is 0. The topological polar surface area (TPSA) is 86.2 Å². The summed E-state index contributed by atoms with van der Waals surface area (Å²) in [6.07, 6.45) is 0. The van der Waals surface area contributed by atoms with Gasteiger partial charge in [-0.2, -0.15) is 7.82 Å². The predicted molar refractivity (Wildman–Crippen MR) is 13.4 cm³/mol. The molecule has 0 atom stereocenters. The van der Waals surface area contributed by atoms with E-state index in [4.69, 9.17) is 19.2 Å². The Morgan fingerprint density at radius 3 is 1.12 bits per heavy atom. The first-order valence-corrected chi connectivity index (χ1v) is 2.19. The van der Waals surface area contributed by atoms with E-state index < -0.39 is 7.82 Å². The van der Waals surface area contributed by atoms with E-state index in [1.165, 1.54) is 0 Å². The summed E-state index contributed by atoms with van der Waals surface area (Å²) in [4.78, 5) is 25.6. The van der Waals surface area contributed by atoms with Crippen molar-refractivity contribution < 1.29 is 81.0 Å². The van der Waals surface area contributed by atoms with Gasteiger partial charge in [-0.1, -0.05) is 0 Å². The quantitative estimate of drug-likeness (QED) is 0.314. The normalized spacial score (nSPS) is 7.38. The third kappa shape index (κ3) is 56.5. The van der Waals surface area contributed by atoms with Crippen LogP contribution in [0, 0.1) is 49.4 Å². The molecule has 0 unspecified atom stereocenters. The smallest absolute Gasteiger partial charge is 1.00 e. The zero-order valence-corrected chi connectivity index (χ0v) is 11.1. The molecule has 0 saturated heterocycles. The van der Waals surface area contributed by atoms with E-state index in [0.29, 0.717) is 0 Å². The van der Waals surface area contributed by atoms with Crippen LogP contribution in [-0.4, -0.2) is 45.5 Å². The van der Waals surface area contributed by atoms with Crippen LogP contribution in [0.2, 0.25) is 0 Å². The summed E-state index contributed by atoms with van der Waals surface area (Å²) in [5.74, 6) is 0. The van der Waals surface area contributed by atoms with Crippen molar-refractivity contribution in [2.24, 2.45) is 0 Å². The first-order chi connectivity index (χ1) is 2.00. The van der Waals surface area contributed by atoms with E-state index in [1.807, 2.05) is 0 Å². The first-order valence-electron chi connectivity index (χ1n) is 0.730. The Hall–Kier alpha value is 3.46. The minimum atomic E-state index is -5.39. The molecule has 0 aromatic rings. The average molecular weight is 370 g/mol. The molecule has 0 saturated carbocycles. The Balaban J connectivity index is -0.0000000267. The van der Waals surface area contributed by atoms with Gasteiger partial charge in [-0.25, -0.2) is 0 Å². The third-order valence-electron chi connectivity index (χ3n) is 0. The molecular weight excluding hydrogens is 370 g/mol. The van der Waals surface area contributed by atoms with Crippen LogP contribution >= 0.6 is 7.82 Å². The summed E-state index contributed by atoms with van der Waals surface area (Å²) in [5, 5.41) is 0. The Morgan fingerprint density at radius 1 is 1.12 bits per heavy atom. The first kappa shape index (κ1) is 22.5. The molecule has 0 rings (SSSR count). The molecule has 0 radical (unpaired) electrons. The van der Waals surface area contributed by atoms with Crippen LogP contribution in [0.5, 0.6) is 0 Å². The monoisotopic (exact) mass is 371 g/mol. The summed E-state index contributed by atoms with van der Waals surface area (Å²) in [5.41, 5.74) is 0. The van der Waals surface area contributed by atoms with Crippen molar-refractivity contribution >= 4 is 53.3 Å². The van der Waals surface area contributed by atoms with Gasteiger partial charge in [-0.15, -0.1) is 0 Å². The van der Waals surface area contributed by atoms with Gasteiger partial charge in [0.1, 0.15) is 0 Å². The second-order valence-electron chi connectivity index (χ2n) is 0.447. The largest absolute Gasteiger partial charge is 3.00 e. The fourth-order valence-corrected chi connectivity index (χ4v) is 0. The van der Waals surface area contributed by atoms with Crippen molar-refractivity contribution in [3.05, 3.63) is 0 Å². The van der Waals surface area contributed by atoms with E-state index in [-0.39, 0.29) is 107 Å². The van der Waals surface area contributed by atoms with E-state index in [1.54, 1.807) is 0 Å². The molecule has 0 heterocycles. The second-order valence-corrected chi connectivity index (χ2v) is 1.34. The molecule has 0 aliphatic rings.